The number of esters is 1. The first-order valence-corrected chi connectivity index (χ1v) is 8.01. The lowest BCUT2D eigenvalue weighted by Gasteiger charge is -2.13. The summed E-state index contributed by atoms with van der Waals surface area (Å²) in [5, 5.41) is 4.89. The molecule has 7 heteroatoms. The van der Waals surface area contributed by atoms with Crippen molar-refractivity contribution >= 4 is 22.6 Å². The van der Waals surface area contributed by atoms with Gasteiger partial charge in [-0.05, 0) is 18.6 Å². The highest BCUT2D eigenvalue weighted by atomic mass is 16.5. The normalized spacial score (nSPS) is 11.9. The van der Waals surface area contributed by atoms with Crippen molar-refractivity contribution in [3.8, 4) is 0 Å². The molecule has 1 aromatic heterocycles. The average molecular weight is 351 g/mol. The largest absolute Gasteiger partial charge is 0.448 e. The minimum absolute atomic E-state index is 0.0377. The first-order valence-electron chi connectivity index (χ1n) is 8.01. The molecule has 2 aromatic carbocycles. The molecule has 132 valence electrons. The summed E-state index contributed by atoms with van der Waals surface area (Å²) < 4.78 is 6.27. The zero-order valence-electron chi connectivity index (χ0n) is 14.1. The fraction of sp³-hybridized carbons (Fsp3) is 0.158. The van der Waals surface area contributed by atoms with Gasteiger partial charge in [-0.15, -0.1) is 0 Å². The zero-order chi connectivity index (χ0) is 18.7. The molecule has 0 aliphatic rings. The van der Waals surface area contributed by atoms with Crippen LogP contribution in [-0.2, 0) is 16.1 Å². The summed E-state index contributed by atoms with van der Waals surface area (Å²) in [6, 6.07) is 15.9. The summed E-state index contributed by atoms with van der Waals surface area (Å²) in [5.74, 6) is -1.57. The Kier molecular flexibility index (Phi) is 4.79. The summed E-state index contributed by atoms with van der Waals surface area (Å²) in [5.41, 5.74) is 5.65. The van der Waals surface area contributed by atoms with Crippen LogP contribution in [-0.4, -0.2) is 27.8 Å². The Labute approximate surface area is 149 Å². The number of carbonyl (C=O) groups is 2. The second-order valence-electron chi connectivity index (χ2n) is 5.79. The minimum Gasteiger partial charge on any atom is -0.448 e. The van der Waals surface area contributed by atoms with Crippen molar-refractivity contribution in [3.63, 3.8) is 0 Å². The van der Waals surface area contributed by atoms with Crippen LogP contribution < -0.4 is 11.3 Å². The fourth-order valence-corrected chi connectivity index (χ4v) is 2.52. The highest BCUT2D eigenvalue weighted by molar-refractivity contribution is 6.02. The fourth-order valence-electron chi connectivity index (χ4n) is 2.52. The van der Waals surface area contributed by atoms with E-state index in [2.05, 4.69) is 5.10 Å². The van der Waals surface area contributed by atoms with Crippen molar-refractivity contribution in [2.45, 2.75) is 19.6 Å². The van der Waals surface area contributed by atoms with E-state index >= 15 is 0 Å². The number of benzene rings is 2. The molecule has 1 atom stereocenters. The van der Waals surface area contributed by atoms with Gasteiger partial charge in [0.05, 0.1) is 11.9 Å². The van der Waals surface area contributed by atoms with Gasteiger partial charge in [0.1, 0.15) is 0 Å². The molecule has 0 saturated carbocycles. The van der Waals surface area contributed by atoms with Crippen molar-refractivity contribution < 1.29 is 14.3 Å². The Balaban J connectivity index is 2.10. The summed E-state index contributed by atoms with van der Waals surface area (Å²) >= 11 is 0. The predicted molar refractivity (Wildman–Crippen MR) is 95.6 cm³/mol. The van der Waals surface area contributed by atoms with E-state index in [0.717, 1.165) is 5.56 Å². The third-order valence-corrected chi connectivity index (χ3v) is 3.92. The van der Waals surface area contributed by atoms with Crippen LogP contribution in [0.4, 0.5) is 0 Å². The Morgan fingerprint density at radius 1 is 1.08 bits per heavy atom. The number of hydrogen-bond donors (Lipinski definition) is 1. The summed E-state index contributed by atoms with van der Waals surface area (Å²) in [4.78, 5) is 36.4. The number of nitrogens with two attached hydrogens (primary N) is 1. The first-order chi connectivity index (χ1) is 12.5. The van der Waals surface area contributed by atoms with Gasteiger partial charge >= 0.3 is 5.97 Å². The quantitative estimate of drug-likeness (QED) is 0.701. The molecule has 0 radical (unpaired) electrons. The number of primary amides is 1. The van der Waals surface area contributed by atoms with Crippen LogP contribution in [0.25, 0.3) is 10.8 Å². The topological polar surface area (TPSA) is 104 Å². The third kappa shape index (κ3) is 3.46. The molecule has 0 fully saturated rings. The number of aromatic nitrogens is 2. The van der Waals surface area contributed by atoms with E-state index in [1.165, 1.54) is 11.6 Å². The second kappa shape index (κ2) is 7.18. The van der Waals surface area contributed by atoms with Crippen molar-refractivity contribution in [2.75, 3.05) is 0 Å². The predicted octanol–water partition coefficient (Wildman–Crippen LogP) is 1.48. The number of fused-ring (bicyclic) bond motifs is 1. The average Bonchev–Trinajstić information content (AvgIpc) is 2.64. The number of rotatable bonds is 5. The molecule has 1 amide bonds. The van der Waals surface area contributed by atoms with Crippen LogP contribution in [0.5, 0.6) is 0 Å². The van der Waals surface area contributed by atoms with Gasteiger partial charge in [0.2, 0.25) is 0 Å². The molecule has 3 aromatic rings. The van der Waals surface area contributed by atoms with Crippen LogP contribution in [0.1, 0.15) is 23.0 Å². The van der Waals surface area contributed by atoms with Gasteiger partial charge in [0.25, 0.3) is 11.5 Å². The van der Waals surface area contributed by atoms with Gasteiger partial charge in [0, 0.05) is 5.39 Å². The van der Waals surface area contributed by atoms with E-state index in [9.17, 15) is 14.4 Å². The van der Waals surface area contributed by atoms with E-state index in [-0.39, 0.29) is 17.8 Å². The summed E-state index contributed by atoms with van der Waals surface area (Å²) in [6.07, 6.45) is -1.10. The molecule has 3 rings (SSSR count). The number of ether oxygens (including phenoxy) is 1. The number of amides is 1. The second-order valence-corrected chi connectivity index (χ2v) is 5.79. The lowest BCUT2D eigenvalue weighted by Crippen LogP contribution is -2.32. The van der Waals surface area contributed by atoms with Crippen molar-refractivity contribution in [1.29, 1.82) is 0 Å². The maximum Gasteiger partial charge on any atom is 0.360 e. The van der Waals surface area contributed by atoms with Gasteiger partial charge in [-0.25, -0.2) is 9.48 Å². The van der Waals surface area contributed by atoms with Crippen LogP contribution in [0.3, 0.4) is 0 Å². The van der Waals surface area contributed by atoms with Crippen molar-refractivity contribution in [2.24, 2.45) is 5.73 Å². The molecule has 1 heterocycles. The van der Waals surface area contributed by atoms with E-state index in [0.29, 0.717) is 10.8 Å². The molecular weight excluding hydrogens is 334 g/mol. The molecule has 0 spiro atoms. The summed E-state index contributed by atoms with van der Waals surface area (Å²) in [6.45, 7) is 1.58. The monoisotopic (exact) mass is 351 g/mol. The number of hydrogen-bond acceptors (Lipinski definition) is 5. The lowest BCUT2D eigenvalue weighted by molar-refractivity contribution is -0.125. The molecule has 26 heavy (non-hydrogen) atoms. The van der Waals surface area contributed by atoms with Gasteiger partial charge in [-0.3, -0.25) is 9.59 Å². The maximum absolute atomic E-state index is 12.7. The maximum atomic E-state index is 12.7. The minimum atomic E-state index is -1.10. The Bertz CT molecular complexity index is 1030. The number of nitrogens with zero attached hydrogens (tertiary/aromatic N) is 2. The Morgan fingerprint density at radius 2 is 1.69 bits per heavy atom. The standard InChI is InChI=1S/C19H17N3O4/c1-12(17(20)23)26-19(25)16-14-9-5-6-10-15(14)18(24)22(21-16)11-13-7-3-2-4-8-13/h2-10,12H,11H2,1H3,(H2,20,23)/t12-/m1/s1. The number of carbonyl (C=O) groups excluding carboxylic acids is 2. The first kappa shape index (κ1) is 17.3. The SMILES string of the molecule is C[C@@H](OC(=O)c1nn(Cc2ccccc2)c(=O)c2ccccc12)C(N)=O. The Hall–Kier alpha value is -3.48. The molecule has 0 bridgehead atoms. The molecule has 0 saturated heterocycles. The van der Waals surface area contributed by atoms with E-state index in [1.54, 1.807) is 24.3 Å². The molecule has 2 N–H and O–H groups in total. The highest BCUT2D eigenvalue weighted by Crippen LogP contribution is 2.15. The van der Waals surface area contributed by atoms with Crippen LogP contribution in [0.15, 0.2) is 59.4 Å². The van der Waals surface area contributed by atoms with Crippen LogP contribution in [0.2, 0.25) is 0 Å². The van der Waals surface area contributed by atoms with E-state index in [1.807, 2.05) is 30.3 Å². The van der Waals surface area contributed by atoms with Gasteiger partial charge in [-0.1, -0.05) is 48.5 Å². The van der Waals surface area contributed by atoms with Crippen molar-refractivity contribution in [1.82, 2.24) is 9.78 Å². The van der Waals surface area contributed by atoms with Crippen molar-refractivity contribution in [3.05, 3.63) is 76.2 Å². The Morgan fingerprint density at radius 3 is 2.35 bits per heavy atom. The molecule has 0 aliphatic heterocycles. The van der Waals surface area contributed by atoms with E-state index in [4.69, 9.17) is 10.5 Å². The smallest absolute Gasteiger partial charge is 0.360 e. The van der Waals surface area contributed by atoms with Gasteiger partial charge in [-0.2, -0.15) is 5.10 Å². The third-order valence-electron chi connectivity index (χ3n) is 3.92. The van der Waals surface area contributed by atoms with E-state index < -0.39 is 18.0 Å². The zero-order valence-corrected chi connectivity index (χ0v) is 14.1. The molecule has 0 unspecified atom stereocenters. The van der Waals surface area contributed by atoms with Gasteiger partial charge in [0.15, 0.2) is 11.8 Å². The van der Waals surface area contributed by atoms with Gasteiger partial charge < -0.3 is 10.5 Å². The molecular formula is C19H17N3O4. The highest BCUT2D eigenvalue weighted by Gasteiger charge is 2.22. The van der Waals surface area contributed by atoms with Crippen LogP contribution >= 0.6 is 0 Å². The molecule has 0 aliphatic carbocycles. The lowest BCUT2D eigenvalue weighted by atomic mass is 10.1. The molecule has 7 nitrogen and oxygen atoms in total. The van der Waals surface area contributed by atoms with Crippen LogP contribution in [0, 0.1) is 0 Å². The summed E-state index contributed by atoms with van der Waals surface area (Å²) in [7, 11) is 0.